The van der Waals surface area contributed by atoms with Crippen molar-refractivity contribution in [2.24, 2.45) is 11.3 Å². The van der Waals surface area contributed by atoms with E-state index in [1.807, 2.05) is 0 Å². The lowest BCUT2D eigenvalue weighted by Gasteiger charge is -2.40. The summed E-state index contributed by atoms with van der Waals surface area (Å²) in [7, 11) is 0. The largest absolute Gasteiger partial charge is 0.388 e. The van der Waals surface area contributed by atoms with E-state index in [1.165, 1.54) is 37.7 Å². The zero-order valence-corrected chi connectivity index (χ0v) is 15.4. The standard InChI is InChI=1S/C22H32O2/c1-14(2)18-9-10-19-17(6-5-11-22(18,19)4)8-7-16-12-20(23)15(3)21(24)13-16/h7-8,19-21,23-24H,3,5-6,9-13H2,1-2,4H3/t19?,20-,21-,22-/m1/s1. The Kier molecular flexibility index (Phi) is 4.90. The molecule has 4 atom stereocenters. The van der Waals surface area contributed by atoms with Gasteiger partial charge in [0.15, 0.2) is 0 Å². The fourth-order valence-electron chi connectivity index (χ4n) is 5.30. The molecule has 3 aliphatic carbocycles. The van der Waals surface area contributed by atoms with Crippen molar-refractivity contribution in [2.45, 2.75) is 77.9 Å². The SMILES string of the molecule is C=C1[C@H](O)CC(=CC=C2CCC[C@]3(C)C(=C(C)C)CCC23)C[C@H]1O. The second kappa shape index (κ2) is 6.65. The summed E-state index contributed by atoms with van der Waals surface area (Å²) in [5.41, 5.74) is 6.82. The average Bonchev–Trinajstić information content (AvgIpc) is 2.88. The van der Waals surface area contributed by atoms with Crippen molar-refractivity contribution in [3.05, 3.63) is 46.6 Å². The number of aliphatic hydroxyl groups excluding tert-OH is 2. The van der Waals surface area contributed by atoms with Gasteiger partial charge in [-0.2, -0.15) is 0 Å². The number of rotatable bonds is 1. The van der Waals surface area contributed by atoms with Gasteiger partial charge in [0.1, 0.15) is 0 Å². The summed E-state index contributed by atoms with van der Waals surface area (Å²) in [5, 5.41) is 20.0. The van der Waals surface area contributed by atoms with Gasteiger partial charge in [-0.1, -0.05) is 47.9 Å². The van der Waals surface area contributed by atoms with Gasteiger partial charge in [0.2, 0.25) is 0 Å². The molecule has 0 aromatic rings. The van der Waals surface area contributed by atoms with Crippen LogP contribution < -0.4 is 0 Å². The Hall–Kier alpha value is -1.12. The topological polar surface area (TPSA) is 40.5 Å². The number of hydrogen-bond acceptors (Lipinski definition) is 2. The quantitative estimate of drug-likeness (QED) is 0.676. The van der Waals surface area contributed by atoms with Crippen LogP contribution in [0.2, 0.25) is 0 Å². The maximum absolute atomic E-state index is 10.0. The van der Waals surface area contributed by atoms with E-state index >= 15 is 0 Å². The molecule has 2 nitrogen and oxygen atoms in total. The minimum Gasteiger partial charge on any atom is -0.388 e. The third-order valence-electron chi connectivity index (χ3n) is 6.65. The number of allylic oxidation sites excluding steroid dienone is 5. The van der Waals surface area contributed by atoms with Crippen LogP contribution in [-0.4, -0.2) is 22.4 Å². The summed E-state index contributed by atoms with van der Waals surface area (Å²) in [6.07, 6.45) is 10.8. The van der Waals surface area contributed by atoms with Crippen LogP contribution >= 0.6 is 0 Å². The second-order valence-electron chi connectivity index (χ2n) is 8.42. The predicted molar refractivity (Wildman–Crippen MR) is 99.6 cm³/mol. The van der Waals surface area contributed by atoms with Crippen molar-refractivity contribution in [2.75, 3.05) is 0 Å². The van der Waals surface area contributed by atoms with Gasteiger partial charge in [-0.3, -0.25) is 0 Å². The third kappa shape index (κ3) is 3.07. The van der Waals surface area contributed by atoms with Crippen molar-refractivity contribution in [3.63, 3.8) is 0 Å². The van der Waals surface area contributed by atoms with E-state index in [0.29, 0.717) is 29.7 Å². The molecule has 0 spiro atoms. The molecule has 1 unspecified atom stereocenters. The molecule has 24 heavy (non-hydrogen) atoms. The lowest BCUT2D eigenvalue weighted by molar-refractivity contribution is 0.123. The minimum atomic E-state index is -0.598. The van der Waals surface area contributed by atoms with Crippen molar-refractivity contribution < 1.29 is 10.2 Å². The van der Waals surface area contributed by atoms with E-state index in [4.69, 9.17) is 0 Å². The van der Waals surface area contributed by atoms with E-state index in [9.17, 15) is 10.2 Å². The van der Waals surface area contributed by atoms with Gasteiger partial charge in [-0.05, 0) is 75.7 Å². The molecule has 0 bridgehead atoms. The Balaban J connectivity index is 1.83. The Morgan fingerprint density at radius 2 is 1.79 bits per heavy atom. The molecule has 0 aliphatic heterocycles. The van der Waals surface area contributed by atoms with Crippen LogP contribution in [0.1, 0.15) is 65.7 Å². The molecule has 0 aromatic heterocycles. The third-order valence-corrected chi connectivity index (χ3v) is 6.65. The molecular formula is C22H32O2. The van der Waals surface area contributed by atoms with E-state index in [-0.39, 0.29) is 0 Å². The highest BCUT2D eigenvalue weighted by atomic mass is 16.3. The molecule has 0 amide bonds. The highest BCUT2D eigenvalue weighted by Crippen LogP contribution is 2.57. The summed E-state index contributed by atoms with van der Waals surface area (Å²) in [5.74, 6) is 0.668. The highest BCUT2D eigenvalue weighted by Gasteiger charge is 2.46. The van der Waals surface area contributed by atoms with Crippen molar-refractivity contribution in [1.29, 1.82) is 0 Å². The molecule has 0 heterocycles. The Morgan fingerprint density at radius 3 is 2.42 bits per heavy atom. The maximum atomic E-state index is 10.0. The first-order chi connectivity index (χ1) is 11.3. The van der Waals surface area contributed by atoms with Crippen LogP contribution in [0.4, 0.5) is 0 Å². The predicted octanol–water partition coefficient (Wildman–Crippen LogP) is 4.85. The van der Waals surface area contributed by atoms with Crippen LogP contribution in [0, 0.1) is 11.3 Å². The number of aliphatic hydroxyl groups is 2. The first-order valence-corrected chi connectivity index (χ1v) is 9.43. The van der Waals surface area contributed by atoms with E-state index in [0.717, 1.165) is 5.57 Å². The van der Waals surface area contributed by atoms with Gasteiger partial charge < -0.3 is 10.2 Å². The normalized spacial score (nSPS) is 38.5. The van der Waals surface area contributed by atoms with E-state index in [1.54, 1.807) is 11.1 Å². The molecule has 0 saturated heterocycles. The zero-order valence-electron chi connectivity index (χ0n) is 15.4. The lowest BCUT2D eigenvalue weighted by Crippen LogP contribution is -2.29. The maximum Gasteiger partial charge on any atom is 0.0809 e. The molecule has 3 aliphatic rings. The first-order valence-electron chi connectivity index (χ1n) is 9.43. The van der Waals surface area contributed by atoms with Gasteiger partial charge in [-0.25, -0.2) is 0 Å². The second-order valence-corrected chi connectivity index (χ2v) is 8.42. The van der Waals surface area contributed by atoms with Crippen LogP contribution in [0.15, 0.2) is 46.6 Å². The summed E-state index contributed by atoms with van der Waals surface area (Å²) >= 11 is 0. The van der Waals surface area contributed by atoms with E-state index < -0.39 is 12.2 Å². The monoisotopic (exact) mass is 328 g/mol. The van der Waals surface area contributed by atoms with E-state index in [2.05, 4.69) is 39.5 Å². The Bertz CT molecular complexity index is 602. The first kappa shape index (κ1) is 17.7. The molecule has 132 valence electrons. The van der Waals surface area contributed by atoms with Crippen molar-refractivity contribution in [1.82, 2.24) is 0 Å². The molecule has 2 heteroatoms. The minimum absolute atomic E-state index is 0.349. The summed E-state index contributed by atoms with van der Waals surface area (Å²) in [4.78, 5) is 0. The highest BCUT2D eigenvalue weighted by molar-refractivity contribution is 5.35. The van der Waals surface area contributed by atoms with Crippen LogP contribution in [0.3, 0.4) is 0 Å². The fourth-order valence-corrected chi connectivity index (χ4v) is 5.30. The van der Waals surface area contributed by atoms with Gasteiger partial charge in [-0.15, -0.1) is 0 Å². The summed E-state index contributed by atoms with van der Waals surface area (Å²) in [6, 6.07) is 0. The van der Waals surface area contributed by atoms with Crippen LogP contribution in [0.5, 0.6) is 0 Å². The number of hydrogen-bond donors (Lipinski definition) is 2. The molecule has 3 fully saturated rings. The van der Waals surface area contributed by atoms with Crippen molar-refractivity contribution >= 4 is 0 Å². The Labute approximate surface area is 146 Å². The summed E-state index contributed by atoms with van der Waals surface area (Å²) < 4.78 is 0. The van der Waals surface area contributed by atoms with Gasteiger partial charge in [0.05, 0.1) is 12.2 Å². The molecule has 0 aromatic carbocycles. The Morgan fingerprint density at radius 1 is 1.12 bits per heavy atom. The molecule has 3 rings (SSSR count). The fraction of sp³-hybridized carbons (Fsp3) is 0.636. The van der Waals surface area contributed by atoms with Crippen molar-refractivity contribution in [3.8, 4) is 0 Å². The zero-order chi connectivity index (χ0) is 17.5. The molecule has 3 saturated carbocycles. The smallest absolute Gasteiger partial charge is 0.0809 e. The lowest BCUT2D eigenvalue weighted by atomic mass is 9.65. The van der Waals surface area contributed by atoms with Crippen LogP contribution in [0.25, 0.3) is 0 Å². The van der Waals surface area contributed by atoms with Gasteiger partial charge in [0.25, 0.3) is 0 Å². The molecular weight excluding hydrogens is 296 g/mol. The van der Waals surface area contributed by atoms with Crippen LogP contribution in [-0.2, 0) is 0 Å². The average molecular weight is 328 g/mol. The molecule has 0 radical (unpaired) electrons. The number of fused-ring (bicyclic) bond motifs is 1. The molecule has 2 N–H and O–H groups in total. The summed E-state index contributed by atoms with van der Waals surface area (Å²) in [6.45, 7) is 10.8. The van der Waals surface area contributed by atoms with Gasteiger partial charge >= 0.3 is 0 Å². The van der Waals surface area contributed by atoms with Gasteiger partial charge in [0, 0.05) is 0 Å².